The SMILES string of the molecule is CC(C)(C)C1=CC(c2ccc3ccccc3c2)=[O+][Si-]O1.CC(C)C1=CC=CC2=[O+][Si-]OC2=C1.CCC(C)C1=CC(c2ccc(C(C)(C)C)cc2)=[O+][Si-]O1.COc1cc(S(=O)(=O)O)cc2cc(S(=O)(=O)O)cc(O)c12.O=S(=O)(O)c1ccc(S(=O)(=O)O)c2ccccc12.O=S(=O)(O)c1cccc2c(S(=O)(=O)O)cccc12. The Labute approximate surface area is 645 Å². The van der Waals surface area contributed by atoms with Gasteiger partial charge in [-0.1, -0.05) is 172 Å². The molecule has 0 saturated heterocycles. The van der Waals surface area contributed by atoms with Gasteiger partial charge in [0.1, 0.15) is 31.1 Å². The van der Waals surface area contributed by atoms with E-state index < -0.39 is 95.8 Å². The van der Waals surface area contributed by atoms with E-state index >= 15 is 0 Å². The third-order valence-corrected chi connectivity index (χ3v) is 23.8. The lowest BCUT2D eigenvalue weighted by molar-refractivity contribution is -0.287. The summed E-state index contributed by atoms with van der Waals surface area (Å²) < 4.78 is 226. The number of rotatable bonds is 12. The summed E-state index contributed by atoms with van der Waals surface area (Å²) in [5.74, 6) is 5.89. The van der Waals surface area contributed by atoms with E-state index in [1.807, 2.05) is 24.3 Å². The molecule has 1 unspecified atom stereocenters. The quantitative estimate of drug-likeness (QED) is 0.0339. The van der Waals surface area contributed by atoms with Crippen molar-refractivity contribution in [3.05, 3.63) is 240 Å². The van der Waals surface area contributed by atoms with Gasteiger partial charge in [-0.2, -0.15) is 50.5 Å². The van der Waals surface area contributed by atoms with Gasteiger partial charge < -0.3 is 35.5 Å². The molecule has 26 nitrogen and oxygen atoms in total. The fourth-order valence-electron chi connectivity index (χ4n) is 10.7. The Bertz CT molecular complexity index is 5770. The second-order valence-electron chi connectivity index (χ2n) is 26.9. The van der Waals surface area contributed by atoms with Crippen molar-refractivity contribution in [1.82, 2.24) is 0 Å². The Balaban J connectivity index is 0.000000167. The van der Waals surface area contributed by atoms with Gasteiger partial charge in [-0.15, -0.1) is 0 Å². The van der Waals surface area contributed by atoms with E-state index in [-0.39, 0.29) is 78.9 Å². The van der Waals surface area contributed by atoms with E-state index in [0.717, 1.165) is 101 Å². The first kappa shape index (κ1) is 86.4. The van der Waals surface area contributed by atoms with Crippen LogP contribution < -0.4 is 4.74 Å². The summed E-state index contributed by atoms with van der Waals surface area (Å²) in [5, 5.41) is 12.4. The molecule has 3 heterocycles. The standard InChI is InChI=1S/C17H17O2Si.C17H23O2Si.C11H10O8S2.2C10H8O6S2.C10H11O2Si/c1-17(2,3)16-11-15(18-20-19-16)14-9-8-12-6-4-5-7-13(12)10-14;1-6-12(2)15-11-16(19-20-18-15)13-7-9-14(10-8-13)17(3,4)5;1-19-10-5-8(21(16,17)18)3-6-2-7(20(13,14)15)4-9(12)11(6)10;11-17(12,13)9-5-1-3-7-8(9)4-2-6-10(7)18(14,15)16;11-17(12,13)9-5-6-10(18(14,15)16)8-4-2-1-3-7(8)9;1-7(2)8-4-3-5-9-10(6-8)12-13-11-9/h4-11H,1-3H3;7-12H,6H2,1-5H3;2-5,12H,1H3,(H,13,14,15)(H,16,17,18);2*1-6H,(H,11,12,13)(H,14,15,16);3-7H,1-2H3. The summed E-state index contributed by atoms with van der Waals surface area (Å²) in [6, 6.07) is 42.1. The van der Waals surface area contributed by atoms with E-state index in [0.29, 0.717) is 11.8 Å². The third kappa shape index (κ3) is 22.5. The van der Waals surface area contributed by atoms with Crippen molar-refractivity contribution in [3.8, 4) is 11.5 Å². The van der Waals surface area contributed by atoms with Crippen molar-refractivity contribution in [2.75, 3.05) is 7.11 Å². The maximum Gasteiger partial charge on any atom is 0.424 e. The number of benzene rings is 9. The molecule has 0 amide bonds. The lowest BCUT2D eigenvalue weighted by Gasteiger charge is -2.27. The minimum Gasteiger partial charge on any atom is -0.633 e. The van der Waals surface area contributed by atoms with Crippen LogP contribution in [0.1, 0.15) is 101 Å². The second-order valence-corrected chi connectivity index (χ2v) is 37.0. The molecule has 581 valence electrons. The fraction of sp³-hybridized carbons (Fsp3) is 0.213. The summed E-state index contributed by atoms with van der Waals surface area (Å²) in [6.45, 7) is 21.8. The van der Waals surface area contributed by atoms with Crippen molar-refractivity contribution in [2.24, 2.45) is 17.3 Å². The number of methoxy groups -OCH3 is 1. The number of phenols is 1. The Morgan fingerprint density at radius 1 is 0.455 bits per heavy atom. The first-order valence-corrected chi connectivity index (χ1v) is 44.0. The van der Waals surface area contributed by atoms with Crippen molar-refractivity contribution >= 4 is 151 Å². The zero-order valence-electron chi connectivity index (χ0n) is 60.8. The highest BCUT2D eigenvalue weighted by atomic mass is 32.2. The van der Waals surface area contributed by atoms with E-state index in [1.165, 1.54) is 77.5 Å². The molecular weight excluding hydrogens is 1590 g/mol. The van der Waals surface area contributed by atoms with Gasteiger partial charge in [0.2, 0.25) is 0 Å². The molecule has 9 aromatic rings. The molecule has 35 heteroatoms. The molecular formula is C75H77O26S6Si3. The van der Waals surface area contributed by atoms with Crippen LogP contribution in [0.4, 0.5) is 0 Å². The van der Waals surface area contributed by atoms with Crippen LogP contribution in [0.3, 0.4) is 0 Å². The number of ketones is 3. The van der Waals surface area contributed by atoms with Crippen LogP contribution in [0.5, 0.6) is 11.5 Å². The smallest absolute Gasteiger partial charge is 0.424 e. The van der Waals surface area contributed by atoms with Gasteiger partial charge in [-0.25, -0.2) is 0 Å². The number of fused-ring (bicyclic) bond motifs is 5. The van der Waals surface area contributed by atoms with Crippen LogP contribution in [-0.4, -0.2) is 137 Å². The Hall–Kier alpha value is -9.16. The predicted molar refractivity (Wildman–Crippen MR) is 417 cm³/mol. The minimum absolute atomic E-state index is 0.00111. The Morgan fingerprint density at radius 3 is 1.39 bits per heavy atom. The summed E-state index contributed by atoms with van der Waals surface area (Å²) >= 11 is 0. The van der Waals surface area contributed by atoms with Crippen molar-refractivity contribution < 1.29 is 113 Å². The van der Waals surface area contributed by atoms with Gasteiger partial charge in [0.25, 0.3) is 72.3 Å². The van der Waals surface area contributed by atoms with Crippen molar-refractivity contribution in [1.29, 1.82) is 0 Å². The molecule has 13 rings (SSSR count). The highest BCUT2D eigenvalue weighted by Gasteiger charge is 2.28. The topological polar surface area (TPSA) is 417 Å². The number of carbonyl (C=O) groups excluding carboxylic acids is 3. The van der Waals surface area contributed by atoms with Crippen LogP contribution in [0.25, 0.3) is 43.1 Å². The molecule has 3 aliphatic heterocycles. The lowest BCUT2D eigenvalue weighted by atomic mass is 9.86. The molecule has 0 saturated carbocycles. The first-order chi connectivity index (χ1) is 51.2. The van der Waals surface area contributed by atoms with Crippen molar-refractivity contribution in [2.45, 2.75) is 110 Å². The normalized spacial score (nSPS) is 14.7. The summed E-state index contributed by atoms with van der Waals surface area (Å²) in [7, 11) is -25.6. The number of aromatic hydroxyl groups is 1. The van der Waals surface area contributed by atoms with Gasteiger partial charge in [0, 0.05) is 51.1 Å². The molecule has 110 heavy (non-hydrogen) atoms. The summed E-state index contributed by atoms with van der Waals surface area (Å²) in [6.07, 6.45) is 13.2. The van der Waals surface area contributed by atoms with Gasteiger partial charge in [0.05, 0.1) is 57.1 Å². The highest BCUT2D eigenvalue weighted by Crippen LogP contribution is 2.39. The molecule has 4 aliphatic rings. The van der Waals surface area contributed by atoms with E-state index in [4.69, 9.17) is 57.7 Å². The van der Waals surface area contributed by atoms with Crippen LogP contribution in [0.2, 0.25) is 0 Å². The summed E-state index contributed by atoms with van der Waals surface area (Å²) in [5.41, 5.74) is 5.01. The number of ether oxygens (including phenoxy) is 1. The molecule has 0 fully saturated rings. The average Bonchev–Trinajstić information content (AvgIpc) is 0.921. The molecule has 7 N–H and O–H groups in total. The maximum atomic E-state index is 11.2. The van der Waals surface area contributed by atoms with E-state index in [2.05, 4.69) is 148 Å². The molecule has 3 radical (unpaired) electrons. The average molecular weight is 1670 g/mol. The zero-order chi connectivity index (χ0) is 81.3. The molecule has 1 atom stereocenters. The second kappa shape index (κ2) is 35.0. The van der Waals surface area contributed by atoms with Gasteiger partial charge in [-0.3, -0.25) is 27.3 Å². The Kier molecular flexibility index (Phi) is 27.5. The minimum atomic E-state index is -4.60. The zero-order valence-corrected chi connectivity index (χ0v) is 68.7. The fourth-order valence-corrected chi connectivity index (χ4v) is 16.5. The lowest BCUT2D eigenvalue weighted by Crippen LogP contribution is -2.20. The highest BCUT2D eigenvalue weighted by molar-refractivity contribution is 7.87. The van der Waals surface area contributed by atoms with Gasteiger partial charge >= 0.3 is 35.8 Å². The molecule has 0 aromatic heterocycles. The van der Waals surface area contributed by atoms with Gasteiger partial charge in [-0.05, 0) is 112 Å². The molecule has 9 aromatic carbocycles. The third-order valence-electron chi connectivity index (χ3n) is 16.7. The van der Waals surface area contributed by atoms with Gasteiger partial charge in [0.15, 0.2) is 5.76 Å². The molecule has 0 bridgehead atoms. The van der Waals surface area contributed by atoms with Crippen LogP contribution >= 0.6 is 0 Å². The van der Waals surface area contributed by atoms with Crippen LogP contribution in [-0.2, 0) is 83.5 Å². The Morgan fingerprint density at radius 2 is 0.909 bits per heavy atom. The number of hydrogen-bond acceptors (Lipinski definition) is 17. The predicted octanol–water partition coefficient (Wildman–Crippen LogP) is 13.7. The number of phenolic OH excluding ortho intramolecular Hbond substituents is 1. The largest absolute Gasteiger partial charge is 0.633 e. The first-order valence-electron chi connectivity index (χ1n) is 32.9. The summed E-state index contributed by atoms with van der Waals surface area (Å²) in [4.78, 5) is -2.81. The van der Waals surface area contributed by atoms with Crippen LogP contribution in [0.15, 0.2) is 252 Å². The van der Waals surface area contributed by atoms with Crippen LogP contribution in [0, 0.1) is 17.3 Å². The molecule has 1 aliphatic carbocycles. The van der Waals surface area contributed by atoms with Crippen molar-refractivity contribution in [3.63, 3.8) is 0 Å². The van der Waals surface area contributed by atoms with E-state index in [1.54, 1.807) is 0 Å². The number of hydrogen-bond donors (Lipinski definition) is 7. The maximum absolute atomic E-state index is 11.2. The number of allylic oxidation sites excluding steroid dienone is 9. The molecule has 0 spiro atoms. The monoisotopic (exact) mass is 1670 g/mol. The van der Waals surface area contributed by atoms with E-state index in [9.17, 15) is 55.6 Å².